The van der Waals surface area contributed by atoms with Gasteiger partial charge in [-0.05, 0) is 53.0 Å². The maximum absolute atomic E-state index is 5.86. The van der Waals surface area contributed by atoms with Gasteiger partial charge in [0.1, 0.15) is 12.4 Å². The van der Waals surface area contributed by atoms with Gasteiger partial charge in [-0.1, -0.05) is 18.2 Å². The molecule has 0 bridgehead atoms. The molecule has 3 heteroatoms. The van der Waals surface area contributed by atoms with E-state index in [1.165, 1.54) is 16.0 Å². The molecule has 0 spiro atoms. The Morgan fingerprint density at radius 3 is 2.38 bits per heavy atom. The Hall–Kier alpha value is -0.800. The molecule has 84 valence electrons. The monoisotopic (exact) mass is 296 g/mol. The van der Waals surface area contributed by atoms with Crippen molar-refractivity contribution in [2.24, 2.45) is 0 Å². The zero-order valence-electron chi connectivity index (χ0n) is 9.29. The van der Waals surface area contributed by atoms with E-state index >= 15 is 0 Å². The lowest BCUT2D eigenvalue weighted by Gasteiger charge is -2.10. The minimum Gasteiger partial charge on any atom is -0.488 e. The van der Waals surface area contributed by atoms with Gasteiger partial charge in [0.25, 0.3) is 0 Å². The Labute approximate surface area is 108 Å². The summed E-state index contributed by atoms with van der Waals surface area (Å²) in [5, 5.41) is 0. The predicted octanol–water partition coefficient (Wildman–Crippen LogP) is 4.71. The minimum atomic E-state index is 0.641. The maximum Gasteiger partial charge on any atom is 0.125 e. The van der Waals surface area contributed by atoms with Crippen LogP contribution < -0.4 is 4.74 Å². The first-order valence-corrected chi connectivity index (χ1v) is 6.71. The van der Waals surface area contributed by atoms with E-state index in [1.807, 2.05) is 6.07 Å². The smallest absolute Gasteiger partial charge is 0.125 e. The second kappa shape index (κ2) is 5.02. The number of hydrogen-bond acceptors (Lipinski definition) is 2. The van der Waals surface area contributed by atoms with E-state index in [-0.39, 0.29) is 0 Å². The highest BCUT2D eigenvalue weighted by Crippen LogP contribution is 2.26. The third-order valence-electron chi connectivity index (χ3n) is 2.40. The quantitative estimate of drug-likeness (QED) is 0.797. The van der Waals surface area contributed by atoms with Gasteiger partial charge in [-0.25, -0.2) is 0 Å². The molecule has 2 rings (SSSR count). The summed E-state index contributed by atoms with van der Waals surface area (Å²) in [4.78, 5) is 1.23. The van der Waals surface area contributed by atoms with Gasteiger partial charge in [0, 0.05) is 4.88 Å². The van der Waals surface area contributed by atoms with E-state index in [2.05, 4.69) is 54.0 Å². The van der Waals surface area contributed by atoms with Crippen molar-refractivity contribution in [2.45, 2.75) is 20.5 Å². The highest BCUT2D eigenvalue weighted by molar-refractivity contribution is 9.11. The second-order valence-corrected chi connectivity index (χ2v) is 6.26. The number of benzene rings is 1. The first-order chi connectivity index (χ1) is 7.66. The summed E-state index contributed by atoms with van der Waals surface area (Å²) in [6.45, 7) is 4.79. The van der Waals surface area contributed by atoms with Crippen LogP contribution in [-0.4, -0.2) is 0 Å². The first kappa shape index (κ1) is 11.7. The summed E-state index contributed by atoms with van der Waals surface area (Å²) >= 11 is 5.16. The summed E-state index contributed by atoms with van der Waals surface area (Å²) < 4.78 is 7.00. The average Bonchev–Trinajstić information content (AvgIpc) is 2.63. The molecule has 0 unspecified atom stereocenters. The largest absolute Gasteiger partial charge is 0.488 e. The predicted molar refractivity (Wildman–Crippen MR) is 72.3 cm³/mol. The van der Waals surface area contributed by atoms with E-state index < -0.39 is 0 Å². The SMILES string of the molecule is Cc1cccc(C)c1OCc1ccc(Br)s1. The summed E-state index contributed by atoms with van der Waals surface area (Å²) in [7, 11) is 0. The number of ether oxygens (including phenoxy) is 1. The van der Waals surface area contributed by atoms with E-state index in [0.717, 1.165) is 9.54 Å². The minimum absolute atomic E-state index is 0.641. The molecule has 1 nitrogen and oxygen atoms in total. The van der Waals surface area contributed by atoms with Gasteiger partial charge in [0.15, 0.2) is 0 Å². The van der Waals surface area contributed by atoms with Gasteiger partial charge >= 0.3 is 0 Å². The van der Waals surface area contributed by atoms with Crippen LogP contribution in [0.4, 0.5) is 0 Å². The fraction of sp³-hybridized carbons (Fsp3) is 0.231. The molecular weight excluding hydrogens is 284 g/mol. The van der Waals surface area contributed by atoms with Crippen LogP contribution in [0, 0.1) is 13.8 Å². The molecule has 0 saturated heterocycles. The highest BCUT2D eigenvalue weighted by atomic mass is 79.9. The zero-order valence-corrected chi connectivity index (χ0v) is 11.7. The molecule has 16 heavy (non-hydrogen) atoms. The Morgan fingerprint density at radius 2 is 1.81 bits per heavy atom. The van der Waals surface area contributed by atoms with Gasteiger partial charge in [0.2, 0.25) is 0 Å². The molecule has 1 aromatic carbocycles. The van der Waals surface area contributed by atoms with Crippen molar-refractivity contribution in [3.63, 3.8) is 0 Å². The summed E-state index contributed by atoms with van der Waals surface area (Å²) in [5.41, 5.74) is 2.38. The van der Waals surface area contributed by atoms with E-state index in [9.17, 15) is 0 Å². The van der Waals surface area contributed by atoms with Crippen LogP contribution in [0.5, 0.6) is 5.75 Å². The van der Waals surface area contributed by atoms with Crippen LogP contribution in [0.1, 0.15) is 16.0 Å². The van der Waals surface area contributed by atoms with Crippen molar-refractivity contribution >= 4 is 27.3 Å². The molecule has 0 aliphatic heterocycles. The van der Waals surface area contributed by atoms with Crippen LogP contribution in [0.3, 0.4) is 0 Å². The van der Waals surface area contributed by atoms with Crippen molar-refractivity contribution in [3.8, 4) is 5.75 Å². The van der Waals surface area contributed by atoms with Crippen molar-refractivity contribution in [3.05, 3.63) is 50.1 Å². The third kappa shape index (κ3) is 2.66. The normalized spacial score (nSPS) is 10.4. The van der Waals surface area contributed by atoms with Gasteiger partial charge in [-0.2, -0.15) is 0 Å². The van der Waals surface area contributed by atoms with Crippen LogP contribution >= 0.6 is 27.3 Å². The number of halogens is 1. The summed E-state index contributed by atoms with van der Waals surface area (Å²) in [6.07, 6.45) is 0. The van der Waals surface area contributed by atoms with E-state index in [0.29, 0.717) is 6.61 Å². The lowest BCUT2D eigenvalue weighted by molar-refractivity contribution is 0.305. The van der Waals surface area contributed by atoms with Crippen LogP contribution in [0.25, 0.3) is 0 Å². The first-order valence-electron chi connectivity index (χ1n) is 5.10. The number of hydrogen-bond donors (Lipinski definition) is 0. The van der Waals surface area contributed by atoms with Crippen molar-refractivity contribution in [1.29, 1.82) is 0 Å². The van der Waals surface area contributed by atoms with Crippen LogP contribution in [0.2, 0.25) is 0 Å². The molecule has 0 fully saturated rings. The molecule has 1 aromatic heterocycles. The molecule has 0 saturated carbocycles. The fourth-order valence-electron chi connectivity index (χ4n) is 1.60. The summed E-state index contributed by atoms with van der Waals surface area (Å²) in [5.74, 6) is 1.01. The molecule has 0 aliphatic carbocycles. The maximum atomic E-state index is 5.86. The number of thiophene rings is 1. The Bertz CT molecular complexity index is 470. The number of para-hydroxylation sites is 1. The molecule has 0 N–H and O–H groups in total. The van der Waals surface area contributed by atoms with Crippen molar-refractivity contribution < 1.29 is 4.74 Å². The molecular formula is C13H13BrOS. The Kier molecular flexibility index (Phi) is 3.66. The molecule has 0 amide bonds. The second-order valence-electron chi connectivity index (χ2n) is 3.72. The summed E-state index contributed by atoms with van der Waals surface area (Å²) in [6, 6.07) is 10.3. The standard InChI is InChI=1S/C13H13BrOS/c1-9-4-3-5-10(2)13(9)15-8-11-6-7-12(14)16-11/h3-7H,8H2,1-2H3. The lowest BCUT2D eigenvalue weighted by Crippen LogP contribution is -1.96. The van der Waals surface area contributed by atoms with Crippen molar-refractivity contribution in [1.82, 2.24) is 0 Å². The Balaban J connectivity index is 2.10. The van der Waals surface area contributed by atoms with Crippen molar-refractivity contribution in [2.75, 3.05) is 0 Å². The Morgan fingerprint density at radius 1 is 1.12 bits per heavy atom. The van der Waals surface area contributed by atoms with E-state index in [1.54, 1.807) is 11.3 Å². The highest BCUT2D eigenvalue weighted by Gasteiger charge is 2.04. The lowest BCUT2D eigenvalue weighted by atomic mass is 10.1. The van der Waals surface area contributed by atoms with Crippen LogP contribution in [0.15, 0.2) is 34.1 Å². The van der Waals surface area contributed by atoms with Gasteiger partial charge in [0.05, 0.1) is 3.79 Å². The van der Waals surface area contributed by atoms with Gasteiger partial charge < -0.3 is 4.74 Å². The van der Waals surface area contributed by atoms with E-state index in [4.69, 9.17) is 4.74 Å². The third-order valence-corrected chi connectivity index (χ3v) is 3.99. The molecule has 2 aromatic rings. The molecule has 0 aliphatic rings. The number of aryl methyl sites for hydroxylation is 2. The molecule has 0 atom stereocenters. The van der Waals surface area contributed by atoms with Crippen LogP contribution in [-0.2, 0) is 6.61 Å². The molecule has 1 heterocycles. The zero-order chi connectivity index (χ0) is 11.5. The average molecular weight is 297 g/mol. The van der Waals surface area contributed by atoms with Gasteiger partial charge in [-0.15, -0.1) is 11.3 Å². The molecule has 0 radical (unpaired) electrons. The number of rotatable bonds is 3. The fourth-order valence-corrected chi connectivity index (χ4v) is 3.00. The topological polar surface area (TPSA) is 9.23 Å². The van der Waals surface area contributed by atoms with Gasteiger partial charge in [-0.3, -0.25) is 0 Å².